The Kier molecular flexibility index (Phi) is 14.5. The highest BCUT2D eigenvalue weighted by Crippen LogP contribution is 2.50. The molecule has 0 saturated carbocycles. The van der Waals surface area contributed by atoms with Gasteiger partial charge in [0.05, 0.1) is 22.7 Å². The number of carbonyl (C=O) groups excluding carboxylic acids is 6. The number of carbonyl (C=O) groups is 6. The van der Waals surface area contributed by atoms with Crippen LogP contribution in [0.2, 0.25) is 0 Å². The summed E-state index contributed by atoms with van der Waals surface area (Å²) in [4.78, 5) is 83.5. The summed E-state index contributed by atoms with van der Waals surface area (Å²) in [6.45, 7) is 12.4. The van der Waals surface area contributed by atoms with E-state index in [4.69, 9.17) is 4.74 Å². The normalized spacial score (nSPS) is 18.7. The van der Waals surface area contributed by atoms with Crippen molar-refractivity contribution in [1.82, 2.24) is 26.2 Å². The number of ether oxygens (including phenoxy) is 1. The molecule has 53 heavy (non-hydrogen) atoms. The van der Waals surface area contributed by atoms with Crippen molar-refractivity contribution >= 4 is 70.4 Å². The Bertz CT molecular complexity index is 1600. The predicted molar refractivity (Wildman–Crippen MR) is 211 cm³/mol. The third kappa shape index (κ3) is 11.7. The molecule has 1 spiro atoms. The van der Waals surface area contributed by atoms with Crippen LogP contribution in [0.3, 0.4) is 0 Å². The van der Waals surface area contributed by atoms with Crippen LogP contribution in [0.25, 0.3) is 0 Å². The van der Waals surface area contributed by atoms with Gasteiger partial charge in [0.25, 0.3) is 5.91 Å². The van der Waals surface area contributed by atoms with Crippen LogP contribution in [0.4, 0.5) is 4.79 Å². The van der Waals surface area contributed by atoms with E-state index < -0.39 is 81.3 Å². The van der Waals surface area contributed by atoms with E-state index in [0.29, 0.717) is 12.8 Å². The molecular formula is C38H53N5O7S3. The first-order valence-corrected chi connectivity index (χ1v) is 20.9. The molecule has 2 unspecified atom stereocenters. The Morgan fingerprint density at radius 3 is 2.19 bits per heavy atom. The van der Waals surface area contributed by atoms with Crippen LogP contribution in [0.15, 0.2) is 47.8 Å². The summed E-state index contributed by atoms with van der Waals surface area (Å²) in [5.74, 6) is -1.56. The summed E-state index contributed by atoms with van der Waals surface area (Å²) in [6, 6.07) is 9.69. The summed E-state index contributed by atoms with van der Waals surface area (Å²) in [5, 5.41) is 12.8. The molecule has 4 N–H and O–H groups in total. The van der Waals surface area contributed by atoms with Crippen molar-refractivity contribution in [3.63, 3.8) is 0 Å². The van der Waals surface area contributed by atoms with Crippen molar-refractivity contribution in [3.8, 4) is 0 Å². The second-order valence-corrected chi connectivity index (χ2v) is 19.6. The fraction of sp³-hybridized carbons (Fsp3) is 0.579. The number of rotatable bonds is 13. The average Bonchev–Trinajstić information content (AvgIpc) is 3.76. The van der Waals surface area contributed by atoms with Gasteiger partial charge in [-0.05, 0) is 67.5 Å². The molecule has 15 heteroatoms. The zero-order valence-corrected chi connectivity index (χ0v) is 34.1. The number of ketones is 1. The van der Waals surface area contributed by atoms with Crippen LogP contribution in [0.5, 0.6) is 0 Å². The van der Waals surface area contributed by atoms with Crippen molar-refractivity contribution in [2.75, 3.05) is 24.6 Å². The molecule has 5 amide bonds. The van der Waals surface area contributed by atoms with Crippen molar-refractivity contribution in [1.29, 1.82) is 0 Å². The molecule has 4 atom stereocenters. The zero-order chi connectivity index (χ0) is 39.0. The number of nitrogens with one attached hydrogen (secondary N) is 4. The van der Waals surface area contributed by atoms with E-state index in [0.717, 1.165) is 28.4 Å². The van der Waals surface area contributed by atoms with Gasteiger partial charge in [-0.15, -0.1) is 34.9 Å². The lowest BCUT2D eigenvalue weighted by atomic mass is 9.85. The second kappa shape index (κ2) is 18.2. The number of amides is 5. The van der Waals surface area contributed by atoms with Gasteiger partial charge in [0.2, 0.25) is 23.5 Å². The number of thioether (sulfide) groups is 2. The summed E-state index contributed by atoms with van der Waals surface area (Å²) < 4.78 is 5.04. The molecule has 0 aliphatic carbocycles. The second-order valence-electron chi connectivity index (χ2n) is 15.4. The van der Waals surface area contributed by atoms with Gasteiger partial charge < -0.3 is 30.9 Å². The van der Waals surface area contributed by atoms with E-state index in [1.807, 2.05) is 75.5 Å². The molecule has 3 heterocycles. The largest absolute Gasteiger partial charge is 0.444 e. The Labute approximate surface area is 325 Å². The first kappa shape index (κ1) is 42.2. The molecule has 0 radical (unpaired) electrons. The number of Topliss-reactive ketones (excluding diaryl/α,β-unsaturated/α-hetero) is 1. The maximum absolute atomic E-state index is 14.4. The Hall–Kier alpha value is -3.56. The molecular weight excluding hydrogens is 735 g/mol. The first-order chi connectivity index (χ1) is 24.9. The van der Waals surface area contributed by atoms with Crippen LogP contribution in [-0.4, -0.2) is 92.8 Å². The van der Waals surface area contributed by atoms with Gasteiger partial charge in [-0.3, -0.25) is 24.0 Å². The van der Waals surface area contributed by atoms with Crippen LogP contribution < -0.4 is 21.3 Å². The lowest BCUT2D eigenvalue weighted by Gasteiger charge is -2.36. The minimum absolute atomic E-state index is 0.179. The first-order valence-electron chi connectivity index (χ1n) is 18.0. The third-order valence-electron chi connectivity index (χ3n) is 8.78. The van der Waals surface area contributed by atoms with Gasteiger partial charge in [0.1, 0.15) is 17.7 Å². The van der Waals surface area contributed by atoms with E-state index in [2.05, 4.69) is 21.3 Å². The fourth-order valence-electron chi connectivity index (χ4n) is 6.23. The fourth-order valence-corrected chi connectivity index (χ4v) is 10.4. The maximum Gasteiger partial charge on any atom is 0.408 e. The van der Waals surface area contributed by atoms with E-state index >= 15 is 0 Å². The van der Waals surface area contributed by atoms with E-state index in [-0.39, 0.29) is 13.0 Å². The Balaban J connectivity index is 1.47. The summed E-state index contributed by atoms with van der Waals surface area (Å²) in [5.41, 5.74) is -0.637. The minimum Gasteiger partial charge on any atom is -0.444 e. The van der Waals surface area contributed by atoms with Crippen molar-refractivity contribution in [2.45, 2.75) is 108 Å². The van der Waals surface area contributed by atoms with Crippen molar-refractivity contribution in [2.24, 2.45) is 5.41 Å². The maximum atomic E-state index is 14.4. The Morgan fingerprint density at radius 1 is 0.925 bits per heavy atom. The molecule has 1 aromatic carbocycles. The quantitative estimate of drug-likeness (QED) is 0.204. The van der Waals surface area contributed by atoms with E-state index in [9.17, 15) is 28.8 Å². The number of benzene rings is 1. The molecule has 290 valence electrons. The summed E-state index contributed by atoms with van der Waals surface area (Å²) in [6.07, 6.45) is 1.28. The van der Waals surface area contributed by atoms with Crippen molar-refractivity contribution < 1.29 is 33.5 Å². The molecule has 2 aliphatic rings. The molecule has 0 bridgehead atoms. The molecule has 2 saturated heterocycles. The highest BCUT2D eigenvalue weighted by atomic mass is 32.2. The van der Waals surface area contributed by atoms with Gasteiger partial charge in [0, 0.05) is 17.8 Å². The van der Waals surface area contributed by atoms with Crippen LogP contribution in [0, 0.1) is 5.41 Å². The number of hydrogen-bond donors (Lipinski definition) is 4. The van der Waals surface area contributed by atoms with Crippen LogP contribution in [-0.2, 0) is 28.7 Å². The average molecular weight is 788 g/mol. The highest BCUT2D eigenvalue weighted by Gasteiger charge is 2.53. The number of nitrogens with zero attached hydrogens (tertiary/aromatic N) is 1. The monoisotopic (exact) mass is 787 g/mol. The standard InChI is InChI=1S/C38H53N5O7S3/c1-8-14-25(30(45)33(47)39-22-28(44)41-29(27-17-12-18-51-27)24-15-10-9-11-16-24)40-32(46)26-21-38(52-19-13-20-53-38)23-43(26)34(48)31(36(2,3)4)42-35(49)50-37(5,6)7/h9-12,15-18,25-26,29,31H,8,13-14,19-23H2,1-7H3,(H,39,47)(H,40,46)(H,41,44)(H,42,49)/t25?,26-,29?,31-/m0/s1. The van der Waals surface area contributed by atoms with Gasteiger partial charge in [-0.25, -0.2) is 4.79 Å². The van der Waals surface area contributed by atoms with Gasteiger partial charge in [-0.2, -0.15) is 0 Å². The molecule has 2 fully saturated rings. The molecule has 2 aromatic rings. The predicted octanol–water partition coefficient (Wildman–Crippen LogP) is 5.03. The lowest BCUT2D eigenvalue weighted by molar-refractivity contribution is -0.144. The summed E-state index contributed by atoms with van der Waals surface area (Å²) in [7, 11) is 0. The molecule has 12 nitrogen and oxygen atoms in total. The molecule has 1 aromatic heterocycles. The number of likely N-dealkylation sites (tertiary alicyclic amines) is 1. The van der Waals surface area contributed by atoms with Gasteiger partial charge in [0.15, 0.2) is 0 Å². The topological polar surface area (TPSA) is 163 Å². The lowest BCUT2D eigenvalue weighted by Crippen LogP contribution is -2.59. The molecule has 2 aliphatic heterocycles. The van der Waals surface area contributed by atoms with E-state index in [1.54, 1.807) is 44.3 Å². The van der Waals surface area contributed by atoms with Crippen molar-refractivity contribution in [3.05, 3.63) is 58.3 Å². The highest BCUT2D eigenvalue weighted by molar-refractivity contribution is 8.18. The number of alkyl carbamates (subject to hydrolysis) is 1. The number of thiophene rings is 1. The van der Waals surface area contributed by atoms with Crippen LogP contribution in [0.1, 0.15) is 90.6 Å². The Morgan fingerprint density at radius 2 is 1.60 bits per heavy atom. The molecule has 4 rings (SSSR count). The zero-order valence-electron chi connectivity index (χ0n) is 31.6. The van der Waals surface area contributed by atoms with Gasteiger partial charge in [-0.1, -0.05) is 70.5 Å². The van der Waals surface area contributed by atoms with E-state index in [1.165, 1.54) is 16.2 Å². The smallest absolute Gasteiger partial charge is 0.408 e. The third-order valence-corrected chi connectivity index (χ3v) is 13.1. The van der Waals surface area contributed by atoms with Gasteiger partial charge >= 0.3 is 6.09 Å². The SMILES string of the molecule is CCCC(NC(=O)[C@@H]1CC2(CN1C(=O)[C@H](NC(=O)OC(C)(C)C)C(C)(C)C)SCCCS2)C(=O)C(=O)NCC(=O)NC(c1ccccc1)c1cccs1. The van der Waals surface area contributed by atoms with Crippen LogP contribution >= 0.6 is 34.9 Å². The number of hydrogen-bond acceptors (Lipinski definition) is 10. The summed E-state index contributed by atoms with van der Waals surface area (Å²) >= 11 is 4.92. The minimum atomic E-state index is -1.17.